The zero-order chi connectivity index (χ0) is 22.9. The molecule has 0 aliphatic heterocycles. The van der Waals surface area contributed by atoms with Crippen LogP contribution in [-0.4, -0.2) is 43.1 Å². The van der Waals surface area contributed by atoms with Crippen molar-refractivity contribution in [2.45, 2.75) is 53.7 Å². The van der Waals surface area contributed by atoms with Gasteiger partial charge in [0.05, 0.1) is 13.2 Å². The fourth-order valence-electron chi connectivity index (χ4n) is 1.53. The third kappa shape index (κ3) is 19.6. The van der Waals surface area contributed by atoms with Gasteiger partial charge in [0.25, 0.3) is 0 Å². The minimum atomic E-state index is -0.581. The van der Waals surface area contributed by atoms with E-state index in [9.17, 15) is 14.4 Å². The molecule has 0 aliphatic carbocycles. The summed E-state index contributed by atoms with van der Waals surface area (Å²) in [6, 6.07) is 7.33. The minimum absolute atomic E-state index is 0.211. The summed E-state index contributed by atoms with van der Waals surface area (Å²) in [7, 11) is 0. The molecule has 0 heterocycles. The van der Waals surface area contributed by atoms with Gasteiger partial charge in [0.15, 0.2) is 0 Å². The Morgan fingerprint density at radius 1 is 1.07 bits per heavy atom. The Balaban J connectivity index is 0. The van der Waals surface area contributed by atoms with E-state index < -0.39 is 17.7 Å². The lowest BCUT2D eigenvalue weighted by Gasteiger charge is -2.19. The van der Waals surface area contributed by atoms with Crippen molar-refractivity contribution < 1.29 is 28.6 Å². The zero-order valence-corrected chi connectivity index (χ0v) is 18.0. The Morgan fingerprint density at radius 2 is 1.59 bits per heavy atom. The normalized spacial score (nSPS) is 9.48. The highest BCUT2D eigenvalue weighted by Crippen LogP contribution is 2.12. The number of carbonyl (C=O) groups is 3. The van der Waals surface area contributed by atoms with Crippen molar-refractivity contribution in [3.63, 3.8) is 0 Å². The van der Waals surface area contributed by atoms with Crippen LogP contribution in [0.4, 0.5) is 10.5 Å². The maximum Gasteiger partial charge on any atom is 0.412 e. The summed E-state index contributed by atoms with van der Waals surface area (Å²) >= 11 is 0. The van der Waals surface area contributed by atoms with Gasteiger partial charge in [-0.3, -0.25) is 10.1 Å². The number of anilines is 1. The summed E-state index contributed by atoms with van der Waals surface area (Å²) in [6.07, 6.45) is 0.191. The molecule has 29 heavy (non-hydrogen) atoms. The summed E-state index contributed by atoms with van der Waals surface area (Å²) in [5.41, 5.74) is 6.71. The van der Waals surface area contributed by atoms with E-state index in [-0.39, 0.29) is 5.97 Å². The number of nitrogens with two attached hydrogens (primary N) is 1. The Morgan fingerprint density at radius 3 is 1.86 bits per heavy atom. The monoisotopic (exact) mass is 411 g/mol. The van der Waals surface area contributed by atoms with Crippen LogP contribution in [0.1, 0.15) is 47.1 Å². The maximum absolute atomic E-state index is 11.4. The van der Waals surface area contributed by atoms with Crippen LogP contribution in [-0.2, 0) is 30.3 Å². The molecule has 0 bridgehead atoms. The number of amides is 1. The van der Waals surface area contributed by atoms with Crippen LogP contribution in [0.2, 0.25) is 0 Å². The Kier molecular flexibility index (Phi) is 15.7. The molecule has 0 unspecified atom stereocenters. The van der Waals surface area contributed by atoms with Gasteiger partial charge in [-0.15, -0.1) is 0 Å². The first-order chi connectivity index (χ1) is 13.5. The molecule has 1 aromatic rings. The van der Waals surface area contributed by atoms with E-state index in [4.69, 9.17) is 15.9 Å². The molecule has 0 radical (unpaired) electrons. The number of nitrogens with one attached hydrogen (secondary N) is 2. The second-order valence-electron chi connectivity index (χ2n) is 6.35. The number of benzene rings is 1. The van der Waals surface area contributed by atoms with Crippen LogP contribution in [0.5, 0.6) is 0 Å². The average Bonchev–Trinajstić information content (AvgIpc) is 2.62. The molecule has 164 valence electrons. The third-order valence-corrected chi connectivity index (χ3v) is 2.59. The van der Waals surface area contributed by atoms with Crippen molar-refractivity contribution in [2.24, 2.45) is 5.73 Å². The fraction of sp³-hybridized carbons (Fsp3) is 0.500. The van der Waals surface area contributed by atoms with E-state index in [0.29, 0.717) is 31.7 Å². The molecule has 0 aliphatic rings. The molecule has 0 aromatic heterocycles. The highest BCUT2D eigenvalue weighted by molar-refractivity contribution is 6.21. The first kappa shape index (κ1) is 28.3. The molecule has 0 atom stereocenters. The highest BCUT2D eigenvalue weighted by Gasteiger charge is 2.15. The van der Waals surface area contributed by atoms with Gasteiger partial charge >= 0.3 is 18.0 Å². The Hall–Kier alpha value is -2.94. The SMILES string of the molecule is CC(C)(C)OC(=O)Nc1ccc(CN)cc1.CCOC(=O)C=N.CCOC(C)=O. The number of esters is 2. The summed E-state index contributed by atoms with van der Waals surface area (Å²) < 4.78 is 13.8. The molecule has 0 saturated carbocycles. The van der Waals surface area contributed by atoms with Crippen LogP contribution in [0.3, 0.4) is 0 Å². The molecule has 9 heteroatoms. The Bertz CT molecular complexity index is 624. The van der Waals surface area contributed by atoms with Gasteiger partial charge in [0, 0.05) is 19.2 Å². The lowest BCUT2D eigenvalue weighted by atomic mass is 10.2. The van der Waals surface area contributed by atoms with Crippen LogP contribution in [0, 0.1) is 5.41 Å². The van der Waals surface area contributed by atoms with Gasteiger partial charge in [0.1, 0.15) is 11.8 Å². The molecule has 9 nitrogen and oxygen atoms in total. The van der Waals surface area contributed by atoms with Crippen molar-refractivity contribution in [3.8, 4) is 0 Å². The molecular formula is C20H33N3O6. The topological polar surface area (TPSA) is 141 Å². The van der Waals surface area contributed by atoms with Gasteiger partial charge in [-0.2, -0.15) is 0 Å². The van der Waals surface area contributed by atoms with Crippen molar-refractivity contribution >= 4 is 29.9 Å². The average molecular weight is 411 g/mol. The summed E-state index contributed by atoms with van der Waals surface area (Å²) in [5.74, 6) is -0.792. The summed E-state index contributed by atoms with van der Waals surface area (Å²) in [6.45, 7) is 11.7. The summed E-state index contributed by atoms with van der Waals surface area (Å²) in [4.78, 5) is 31.2. The minimum Gasteiger partial charge on any atom is -0.466 e. The standard InChI is InChI=1S/C12H18N2O2.C4H7NO2.C4H8O2/c1-12(2,3)16-11(15)14-10-6-4-9(8-13)5-7-10;1-2-7-4(6)3-5;1-3-6-4(2)5/h4-7H,8,13H2,1-3H3,(H,14,15);3,5H,2H2,1H3;3H2,1-2H3. The fourth-order valence-corrected chi connectivity index (χ4v) is 1.53. The smallest absolute Gasteiger partial charge is 0.412 e. The van der Waals surface area contributed by atoms with Gasteiger partial charge in [-0.05, 0) is 52.3 Å². The molecule has 0 saturated heterocycles. The van der Waals surface area contributed by atoms with E-state index in [2.05, 4.69) is 14.8 Å². The van der Waals surface area contributed by atoms with E-state index in [1.54, 1.807) is 26.0 Å². The molecule has 4 N–H and O–H groups in total. The predicted molar refractivity (Wildman–Crippen MR) is 112 cm³/mol. The van der Waals surface area contributed by atoms with Crippen molar-refractivity contribution in [1.82, 2.24) is 0 Å². The molecule has 0 spiro atoms. The van der Waals surface area contributed by atoms with Crippen molar-refractivity contribution in [1.29, 1.82) is 5.41 Å². The predicted octanol–water partition coefficient (Wildman–Crippen LogP) is 3.26. The van der Waals surface area contributed by atoms with Gasteiger partial charge in [-0.25, -0.2) is 9.59 Å². The van der Waals surface area contributed by atoms with Crippen LogP contribution in [0.15, 0.2) is 24.3 Å². The largest absolute Gasteiger partial charge is 0.466 e. The van der Waals surface area contributed by atoms with Crippen molar-refractivity contribution in [2.75, 3.05) is 18.5 Å². The van der Waals surface area contributed by atoms with E-state index in [1.165, 1.54) is 6.92 Å². The zero-order valence-electron chi connectivity index (χ0n) is 18.0. The maximum atomic E-state index is 11.4. The quantitative estimate of drug-likeness (QED) is 0.383. The van der Waals surface area contributed by atoms with Crippen LogP contribution < -0.4 is 11.1 Å². The number of ether oxygens (including phenoxy) is 3. The number of rotatable bonds is 5. The van der Waals surface area contributed by atoms with E-state index in [1.807, 2.05) is 32.9 Å². The molecule has 1 amide bonds. The summed E-state index contributed by atoms with van der Waals surface area (Å²) in [5, 5.41) is 8.96. The van der Waals surface area contributed by atoms with Crippen molar-refractivity contribution in [3.05, 3.63) is 29.8 Å². The highest BCUT2D eigenvalue weighted by atomic mass is 16.6. The first-order valence-corrected chi connectivity index (χ1v) is 9.08. The van der Waals surface area contributed by atoms with Crippen LogP contribution >= 0.6 is 0 Å². The molecule has 1 aromatic carbocycles. The lowest BCUT2D eigenvalue weighted by molar-refractivity contribution is -0.140. The van der Waals surface area contributed by atoms with Gasteiger partial charge in [0.2, 0.25) is 0 Å². The molecular weight excluding hydrogens is 378 g/mol. The first-order valence-electron chi connectivity index (χ1n) is 9.08. The number of carbonyl (C=O) groups excluding carboxylic acids is 3. The molecule has 1 rings (SSSR count). The van der Waals surface area contributed by atoms with E-state index >= 15 is 0 Å². The number of hydrogen-bond acceptors (Lipinski definition) is 8. The lowest BCUT2D eigenvalue weighted by Crippen LogP contribution is -2.27. The second-order valence-corrected chi connectivity index (χ2v) is 6.35. The number of hydrogen-bond donors (Lipinski definition) is 3. The Labute approximate surface area is 172 Å². The van der Waals surface area contributed by atoms with Gasteiger partial charge < -0.3 is 25.4 Å². The second kappa shape index (κ2) is 16.1. The third-order valence-electron chi connectivity index (χ3n) is 2.59. The van der Waals surface area contributed by atoms with E-state index in [0.717, 1.165) is 5.56 Å². The van der Waals surface area contributed by atoms with Crippen LogP contribution in [0.25, 0.3) is 0 Å². The molecule has 0 fully saturated rings. The van der Waals surface area contributed by atoms with Gasteiger partial charge in [-0.1, -0.05) is 12.1 Å².